The highest BCUT2D eigenvalue weighted by atomic mass is 28.4. The molecular weight excluding hydrogens is 586 g/mol. The van der Waals surface area contributed by atoms with Gasteiger partial charge in [0.05, 0.1) is 19.3 Å². The monoisotopic (exact) mass is 641 g/mol. The van der Waals surface area contributed by atoms with E-state index in [4.69, 9.17) is 37.4 Å². The fourth-order valence-electron chi connectivity index (χ4n) is 3.79. The number of hydrogen-bond acceptors (Lipinski definition) is 12. The number of cyclic esters (lactones) is 2. The molecule has 0 saturated carbocycles. The minimum absolute atomic E-state index is 0.00565. The Morgan fingerprint density at radius 3 is 1.33 bits per heavy atom. The van der Waals surface area contributed by atoms with Gasteiger partial charge in [-0.15, -0.1) is 0 Å². The van der Waals surface area contributed by atoms with Gasteiger partial charge in [0, 0.05) is 64.6 Å². The molecule has 3 N–H and O–H groups in total. The van der Waals surface area contributed by atoms with Gasteiger partial charge in [-0.3, -0.25) is 19.2 Å². The Hall–Kier alpha value is -1.57. The van der Waals surface area contributed by atoms with Gasteiger partial charge < -0.3 is 42.1 Å². The molecule has 0 unspecified atom stereocenters. The van der Waals surface area contributed by atoms with Crippen LogP contribution in [0.4, 0.5) is 0 Å². The molecule has 1 fully saturated rings. The highest BCUT2D eigenvalue weighted by Crippen LogP contribution is 2.20. The number of rotatable bonds is 23. The predicted molar refractivity (Wildman–Crippen MR) is 161 cm³/mol. The van der Waals surface area contributed by atoms with Crippen molar-refractivity contribution >= 4 is 41.3 Å². The Balaban J connectivity index is 0. The number of carboxylic acids is 1. The van der Waals surface area contributed by atoms with Crippen molar-refractivity contribution in [2.24, 2.45) is 5.73 Å². The highest BCUT2D eigenvalue weighted by molar-refractivity contribution is 6.61. The third kappa shape index (κ3) is 22.0. The summed E-state index contributed by atoms with van der Waals surface area (Å²) in [5, 5.41) is 8.52. The van der Waals surface area contributed by atoms with E-state index >= 15 is 0 Å². The number of carbonyl (C=O) groups excluding carboxylic acids is 3. The van der Waals surface area contributed by atoms with E-state index in [2.05, 4.69) is 4.74 Å². The van der Waals surface area contributed by atoms with Crippen LogP contribution in [0.2, 0.25) is 12.1 Å². The van der Waals surface area contributed by atoms with Crippen LogP contribution in [0, 0.1) is 0 Å². The van der Waals surface area contributed by atoms with Gasteiger partial charge in [0.1, 0.15) is 5.78 Å². The summed E-state index contributed by atoms with van der Waals surface area (Å²) in [5.74, 6) is -1.73. The number of esters is 2. The van der Waals surface area contributed by atoms with E-state index in [1.54, 1.807) is 0 Å². The van der Waals surface area contributed by atoms with Gasteiger partial charge >= 0.3 is 35.5 Å². The zero-order valence-electron chi connectivity index (χ0n) is 26.5. The first-order valence-electron chi connectivity index (χ1n) is 15.0. The SMILES string of the molecule is CCO[Si](CCCCC(=O)CCC(=O)O)(OCC)OCC.CCO[Si](CCCN)(OCC)OCC.O=C1CCC(=O)O1. The van der Waals surface area contributed by atoms with Gasteiger partial charge in [0.25, 0.3) is 0 Å². The molecule has 0 aromatic rings. The standard InChI is InChI=1S/C14H28O6Si.C9H23NO3Si.C4H4O3/c1-4-18-21(19-5-2,20-6-3)12-8-7-9-13(15)10-11-14(16)17;1-4-11-14(12-5-2,13-6-3)9-7-8-10;5-3-1-2-4(6)7-3/h4-12H2,1-3H3,(H,16,17);4-10H2,1-3H3;1-2H2. The van der Waals surface area contributed by atoms with E-state index in [0.29, 0.717) is 65.1 Å². The summed E-state index contributed by atoms with van der Waals surface area (Å²) in [6, 6.07) is 1.51. The van der Waals surface area contributed by atoms with E-state index in [1.165, 1.54) is 0 Å². The van der Waals surface area contributed by atoms with E-state index in [-0.39, 0.29) is 31.5 Å². The zero-order valence-corrected chi connectivity index (χ0v) is 28.5. The number of unbranched alkanes of at least 4 members (excludes halogenated alkanes) is 1. The second-order valence-electron chi connectivity index (χ2n) is 8.84. The lowest BCUT2D eigenvalue weighted by atomic mass is 10.1. The Morgan fingerprint density at radius 2 is 1.05 bits per heavy atom. The van der Waals surface area contributed by atoms with Crippen molar-refractivity contribution in [1.29, 1.82) is 0 Å². The summed E-state index contributed by atoms with van der Waals surface area (Å²) in [6.45, 7) is 15.8. The number of carbonyl (C=O) groups is 4. The Morgan fingerprint density at radius 1 is 0.667 bits per heavy atom. The molecule has 0 aliphatic carbocycles. The average Bonchev–Trinajstić information content (AvgIpc) is 3.32. The normalized spacial score (nSPS) is 13.1. The van der Waals surface area contributed by atoms with Crippen LogP contribution in [0.3, 0.4) is 0 Å². The number of Topliss-reactive ketones (excluding diaryl/α,β-unsaturated/α-hetero) is 1. The summed E-state index contributed by atoms with van der Waals surface area (Å²) in [5.41, 5.74) is 5.48. The zero-order chi connectivity index (χ0) is 32.3. The van der Waals surface area contributed by atoms with E-state index < -0.39 is 35.5 Å². The lowest BCUT2D eigenvalue weighted by Gasteiger charge is -2.28. The smallest absolute Gasteiger partial charge is 0.481 e. The van der Waals surface area contributed by atoms with E-state index in [9.17, 15) is 19.2 Å². The lowest BCUT2D eigenvalue weighted by Crippen LogP contribution is -2.46. The van der Waals surface area contributed by atoms with Crippen LogP contribution in [-0.4, -0.2) is 92.6 Å². The van der Waals surface area contributed by atoms with Crippen molar-refractivity contribution in [3.05, 3.63) is 0 Å². The number of hydrogen-bond donors (Lipinski definition) is 2. The van der Waals surface area contributed by atoms with Crippen LogP contribution in [0.15, 0.2) is 0 Å². The number of ketones is 1. The first kappa shape index (κ1) is 42.6. The van der Waals surface area contributed by atoms with Crippen molar-refractivity contribution in [2.45, 2.75) is 105 Å². The van der Waals surface area contributed by atoms with Gasteiger partial charge in [-0.1, -0.05) is 0 Å². The van der Waals surface area contributed by atoms with Crippen LogP contribution in [0.5, 0.6) is 0 Å². The number of nitrogens with two attached hydrogens (primary N) is 1. The van der Waals surface area contributed by atoms with Crippen LogP contribution in [-0.2, 0) is 50.5 Å². The summed E-state index contributed by atoms with van der Waals surface area (Å²) in [4.78, 5) is 41.9. The molecule has 1 rings (SSSR count). The molecule has 0 aromatic heterocycles. The number of aliphatic carboxylic acids is 1. The summed E-state index contributed by atoms with van der Waals surface area (Å²) >= 11 is 0. The van der Waals surface area contributed by atoms with Gasteiger partial charge in [-0.2, -0.15) is 0 Å². The molecule has 0 atom stereocenters. The maximum Gasteiger partial charge on any atom is 0.500 e. The molecule has 1 saturated heterocycles. The summed E-state index contributed by atoms with van der Waals surface area (Å²) in [6.07, 6.45) is 3.34. The summed E-state index contributed by atoms with van der Waals surface area (Å²) in [7, 11) is -5.01. The second-order valence-corrected chi connectivity index (χ2v) is 14.3. The Labute approximate surface area is 253 Å². The maximum atomic E-state index is 11.5. The minimum Gasteiger partial charge on any atom is -0.481 e. The summed E-state index contributed by atoms with van der Waals surface area (Å²) < 4.78 is 38.2. The largest absolute Gasteiger partial charge is 0.500 e. The van der Waals surface area contributed by atoms with Crippen molar-refractivity contribution in [1.82, 2.24) is 0 Å². The fraction of sp³-hybridized carbons (Fsp3) is 0.852. The molecule has 0 bridgehead atoms. The van der Waals surface area contributed by atoms with Gasteiger partial charge in [-0.05, 0) is 67.3 Å². The number of ether oxygens (including phenoxy) is 1. The third-order valence-corrected chi connectivity index (χ3v) is 11.7. The van der Waals surface area contributed by atoms with Crippen LogP contribution < -0.4 is 5.73 Å². The molecule has 0 amide bonds. The molecule has 0 radical (unpaired) electrons. The quantitative estimate of drug-likeness (QED) is 0.0711. The first-order chi connectivity index (χ1) is 20.0. The van der Waals surface area contributed by atoms with Crippen molar-refractivity contribution < 1.29 is 55.6 Å². The molecule has 42 heavy (non-hydrogen) atoms. The van der Waals surface area contributed by atoms with Gasteiger partial charge in [0.2, 0.25) is 0 Å². The molecule has 0 aromatic carbocycles. The third-order valence-electron chi connectivity index (χ3n) is 5.44. The number of carboxylic acid groups (broad SMARTS) is 1. The fourth-order valence-corrected chi connectivity index (χ4v) is 9.11. The van der Waals surface area contributed by atoms with Crippen LogP contribution in [0.25, 0.3) is 0 Å². The van der Waals surface area contributed by atoms with E-state index in [0.717, 1.165) is 18.9 Å². The van der Waals surface area contributed by atoms with E-state index in [1.807, 2.05) is 41.5 Å². The molecule has 248 valence electrons. The molecular formula is C27H55NO12Si2. The lowest BCUT2D eigenvalue weighted by molar-refractivity contribution is -0.152. The molecule has 1 aliphatic heterocycles. The predicted octanol–water partition coefficient (Wildman–Crippen LogP) is 3.87. The van der Waals surface area contributed by atoms with Crippen LogP contribution >= 0.6 is 0 Å². The molecule has 1 aliphatic rings. The van der Waals surface area contributed by atoms with Gasteiger partial charge in [-0.25, -0.2) is 0 Å². The van der Waals surface area contributed by atoms with Crippen molar-refractivity contribution in [3.8, 4) is 0 Å². The van der Waals surface area contributed by atoms with Crippen LogP contribution in [0.1, 0.15) is 92.9 Å². The Kier molecular flexibility index (Phi) is 27.4. The van der Waals surface area contributed by atoms with Gasteiger partial charge in [0.15, 0.2) is 0 Å². The first-order valence-corrected chi connectivity index (χ1v) is 18.9. The molecule has 13 nitrogen and oxygen atoms in total. The Bertz CT molecular complexity index is 694. The molecule has 0 spiro atoms. The minimum atomic E-state index is -2.61. The van der Waals surface area contributed by atoms with Crippen molar-refractivity contribution in [2.75, 3.05) is 46.2 Å². The highest BCUT2D eigenvalue weighted by Gasteiger charge is 2.40. The average molecular weight is 642 g/mol. The topological polar surface area (TPSA) is 179 Å². The maximum absolute atomic E-state index is 11.5. The molecule has 15 heteroatoms. The molecule has 1 heterocycles. The second kappa shape index (κ2) is 27.0. The van der Waals surface area contributed by atoms with Crippen molar-refractivity contribution in [3.63, 3.8) is 0 Å².